The molecule has 2 aromatic rings. The maximum absolute atomic E-state index is 9.21. The van der Waals surface area contributed by atoms with E-state index in [0.717, 1.165) is 30.7 Å². The van der Waals surface area contributed by atoms with Crippen molar-refractivity contribution in [2.45, 2.75) is 25.8 Å². The van der Waals surface area contributed by atoms with E-state index < -0.39 is 0 Å². The summed E-state index contributed by atoms with van der Waals surface area (Å²) >= 11 is 0. The van der Waals surface area contributed by atoms with Crippen LogP contribution in [0.3, 0.4) is 0 Å². The highest BCUT2D eigenvalue weighted by atomic mass is 15.3. The summed E-state index contributed by atoms with van der Waals surface area (Å²) in [5, 5.41) is 16.6. The van der Waals surface area contributed by atoms with Crippen molar-refractivity contribution < 1.29 is 0 Å². The molecule has 96 valence electrons. The number of pyridine rings is 1. The van der Waals surface area contributed by atoms with Crippen molar-refractivity contribution in [1.29, 1.82) is 5.26 Å². The average molecular weight is 253 g/mol. The van der Waals surface area contributed by atoms with Crippen LogP contribution < -0.4 is 5.32 Å². The summed E-state index contributed by atoms with van der Waals surface area (Å²) in [6, 6.07) is 6.15. The van der Waals surface area contributed by atoms with Gasteiger partial charge in [0.15, 0.2) is 0 Å². The SMILES string of the molecule is Cn1nccc1CNc1nc2c(cc1C#N)CCC2. The molecule has 0 amide bonds. The minimum Gasteiger partial charge on any atom is -0.363 e. The second-order valence-electron chi connectivity index (χ2n) is 4.76. The molecule has 19 heavy (non-hydrogen) atoms. The van der Waals surface area contributed by atoms with Crippen molar-refractivity contribution in [3.63, 3.8) is 0 Å². The highest BCUT2D eigenvalue weighted by Crippen LogP contribution is 2.25. The fourth-order valence-corrected chi connectivity index (χ4v) is 2.44. The van der Waals surface area contributed by atoms with Gasteiger partial charge in [-0.1, -0.05) is 0 Å². The van der Waals surface area contributed by atoms with E-state index in [1.54, 1.807) is 6.20 Å². The van der Waals surface area contributed by atoms with Gasteiger partial charge in [-0.05, 0) is 37.0 Å². The van der Waals surface area contributed by atoms with Gasteiger partial charge in [-0.25, -0.2) is 4.98 Å². The lowest BCUT2D eigenvalue weighted by atomic mass is 10.1. The molecule has 1 N–H and O–H groups in total. The molecule has 1 aliphatic carbocycles. The largest absolute Gasteiger partial charge is 0.363 e. The standard InChI is InChI=1S/C14H15N5/c1-19-12(5-6-17-19)9-16-14-11(8-15)7-10-3-2-4-13(10)18-14/h5-7H,2-4,9H2,1H3,(H,16,18). The second-order valence-corrected chi connectivity index (χ2v) is 4.76. The second kappa shape index (κ2) is 4.73. The minimum absolute atomic E-state index is 0.622. The maximum Gasteiger partial charge on any atom is 0.144 e. The van der Waals surface area contributed by atoms with E-state index in [-0.39, 0.29) is 0 Å². The van der Waals surface area contributed by atoms with E-state index in [1.807, 2.05) is 23.9 Å². The van der Waals surface area contributed by atoms with Crippen molar-refractivity contribution in [3.05, 3.63) is 40.8 Å². The van der Waals surface area contributed by atoms with E-state index in [2.05, 4.69) is 21.5 Å². The van der Waals surface area contributed by atoms with Crippen molar-refractivity contribution in [2.75, 3.05) is 5.32 Å². The highest BCUT2D eigenvalue weighted by molar-refractivity contribution is 5.55. The van der Waals surface area contributed by atoms with Crippen LogP contribution in [0, 0.1) is 11.3 Å². The summed E-state index contributed by atoms with van der Waals surface area (Å²) in [7, 11) is 1.90. The molecule has 0 saturated carbocycles. The Morgan fingerprint density at radius 2 is 2.37 bits per heavy atom. The smallest absolute Gasteiger partial charge is 0.144 e. The number of hydrogen-bond donors (Lipinski definition) is 1. The van der Waals surface area contributed by atoms with Crippen LogP contribution in [0.1, 0.15) is 28.9 Å². The first kappa shape index (κ1) is 11.7. The number of nitrogens with one attached hydrogen (secondary N) is 1. The Hall–Kier alpha value is -2.35. The fourth-order valence-electron chi connectivity index (χ4n) is 2.44. The zero-order chi connectivity index (χ0) is 13.2. The molecule has 0 aromatic carbocycles. The Morgan fingerprint density at radius 3 is 3.11 bits per heavy atom. The van der Waals surface area contributed by atoms with Crippen molar-refractivity contribution in [2.24, 2.45) is 7.05 Å². The lowest BCUT2D eigenvalue weighted by Gasteiger charge is -2.09. The molecule has 0 aliphatic heterocycles. The third kappa shape index (κ3) is 2.17. The van der Waals surface area contributed by atoms with Gasteiger partial charge in [0.05, 0.1) is 17.8 Å². The zero-order valence-electron chi connectivity index (χ0n) is 10.8. The third-order valence-corrected chi connectivity index (χ3v) is 3.53. The van der Waals surface area contributed by atoms with Crippen molar-refractivity contribution in [1.82, 2.24) is 14.8 Å². The Labute approximate surface area is 111 Å². The zero-order valence-corrected chi connectivity index (χ0v) is 10.8. The summed E-state index contributed by atoms with van der Waals surface area (Å²) < 4.78 is 1.81. The van der Waals surface area contributed by atoms with Crippen molar-refractivity contribution >= 4 is 5.82 Å². The first-order valence-corrected chi connectivity index (χ1v) is 6.41. The molecule has 3 rings (SSSR count). The molecule has 2 aromatic heterocycles. The number of nitriles is 1. The fraction of sp³-hybridized carbons (Fsp3) is 0.357. The van der Waals surface area contributed by atoms with E-state index in [9.17, 15) is 5.26 Å². The van der Waals surface area contributed by atoms with E-state index in [1.165, 1.54) is 5.56 Å². The van der Waals surface area contributed by atoms with E-state index >= 15 is 0 Å². The van der Waals surface area contributed by atoms with E-state index in [4.69, 9.17) is 0 Å². The summed E-state index contributed by atoms with van der Waals surface area (Å²) in [4.78, 5) is 4.59. The van der Waals surface area contributed by atoms with Crippen molar-refractivity contribution in [3.8, 4) is 6.07 Å². The molecule has 0 bridgehead atoms. The van der Waals surface area contributed by atoms with Crippen LogP contribution in [-0.2, 0) is 26.4 Å². The van der Waals surface area contributed by atoms with Crippen LogP contribution in [0.5, 0.6) is 0 Å². The van der Waals surface area contributed by atoms with Gasteiger partial charge in [0, 0.05) is 18.9 Å². The number of fused-ring (bicyclic) bond motifs is 1. The van der Waals surface area contributed by atoms with Gasteiger partial charge in [-0.2, -0.15) is 10.4 Å². The molecule has 0 radical (unpaired) electrons. The number of anilines is 1. The Morgan fingerprint density at radius 1 is 1.47 bits per heavy atom. The van der Waals surface area contributed by atoms with Crippen LogP contribution in [0.15, 0.2) is 18.3 Å². The molecular weight excluding hydrogens is 238 g/mol. The first-order valence-electron chi connectivity index (χ1n) is 6.41. The molecule has 0 fully saturated rings. The average Bonchev–Trinajstić information content (AvgIpc) is 3.03. The Balaban J connectivity index is 1.85. The van der Waals surface area contributed by atoms with Gasteiger partial charge >= 0.3 is 0 Å². The summed E-state index contributed by atoms with van der Waals surface area (Å²) in [5.41, 5.74) is 4.04. The molecule has 0 atom stereocenters. The Bertz CT molecular complexity index is 650. The van der Waals surface area contributed by atoms with Gasteiger partial charge in [-0.3, -0.25) is 4.68 Å². The molecule has 0 unspecified atom stereocenters. The predicted octanol–water partition coefficient (Wildman–Crippen LogP) is 1.79. The minimum atomic E-state index is 0.622. The summed E-state index contributed by atoms with van der Waals surface area (Å²) in [6.45, 7) is 0.622. The van der Waals surface area contributed by atoms with Crippen LogP contribution in [-0.4, -0.2) is 14.8 Å². The van der Waals surface area contributed by atoms with Gasteiger partial charge in [0.1, 0.15) is 11.9 Å². The molecule has 0 saturated heterocycles. The van der Waals surface area contributed by atoms with Gasteiger partial charge in [0.25, 0.3) is 0 Å². The molecule has 2 heterocycles. The lowest BCUT2D eigenvalue weighted by Crippen LogP contribution is -2.08. The lowest BCUT2D eigenvalue weighted by molar-refractivity contribution is 0.719. The summed E-state index contributed by atoms with van der Waals surface area (Å²) in [5.74, 6) is 0.685. The molecule has 0 spiro atoms. The molecule has 1 aliphatic rings. The third-order valence-electron chi connectivity index (χ3n) is 3.53. The van der Waals surface area contributed by atoms with Crippen LogP contribution in [0.4, 0.5) is 5.82 Å². The normalized spacial score (nSPS) is 13.1. The van der Waals surface area contributed by atoms with Gasteiger partial charge in [-0.15, -0.1) is 0 Å². The number of aromatic nitrogens is 3. The summed E-state index contributed by atoms with van der Waals surface area (Å²) in [6.07, 6.45) is 4.96. The van der Waals surface area contributed by atoms with Crippen LogP contribution in [0.25, 0.3) is 0 Å². The topological polar surface area (TPSA) is 66.5 Å². The number of nitrogens with zero attached hydrogens (tertiary/aromatic N) is 4. The number of hydrogen-bond acceptors (Lipinski definition) is 4. The maximum atomic E-state index is 9.21. The van der Waals surface area contributed by atoms with Crippen LogP contribution in [0.2, 0.25) is 0 Å². The number of aryl methyl sites for hydroxylation is 3. The highest BCUT2D eigenvalue weighted by Gasteiger charge is 2.16. The monoisotopic (exact) mass is 253 g/mol. The van der Waals surface area contributed by atoms with Gasteiger partial charge in [0.2, 0.25) is 0 Å². The van der Waals surface area contributed by atoms with E-state index in [0.29, 0.717) is 17.9 Å². The first-order chi connectivity index (χ1) is 9.28. The Kier molecular flexibility index (Phi) is 2.92. The van der Waals surface area contributed by atoms with Crippen LogP contribution >= 0.6 is 0 Å². The predicted molar refractivity (Wildman–Crippen MR) is 71.5 cm³/mol. The molecule has 5 heteroatoms. The molecular formula is C14H15N5. The van der Waals surface area contributed by atoms with Gasteiger partial charge < -0.3 is 5.32 Å². The quantitative estimate of drug-likeness (QED) is 0.905. The number of rotatable bonds is 3. The molecule has 5 nitrogen and oxygen atoms in total.